The van der Waals surface area contributed by atoms with Crippen LogP contribution in [-0.2, 0) is 0 Å². The molecule has 0 spiro atoms. The summed E-state index contributed by atoms with van der Waals surface area (Å²) in [5.74, 6) is -1.82. The lowest BCUT2D eigenvalue weighted by molar-refractivity contribution is 0.586. The molecule has 88 valence electrons. The van der Waals surface area contributed by atoms with E-state index in [1.54, 1.807) is 13.8 Å². The molecule has 17 heavy (non-hydrogen) atoms. The van der Waals surface area contributed by atoms with Gasteiger partial charge in [0.05, 0.1) is 5.56 Å². The van der Waals surface area contributed by atoms with Crippen molar-refractivity contribution in [3.05, 3.63) is 58.9 Å². The van der Waals surface area contributed by atoms with Gasteiger partial charge in [-0.15, -0.1) is 0 Å². The van der Waals surface area contributed by atoms with E-state index in [2.05, 4.69) is 0 Å². The SMILES string of the molecule is Cc1cc(F)c(-c2ccc(C)c(F)c2)c(F)c1. The quantitative estimate of drug-likeness (QED) is 0.689. The van der Waals surface area contributed by atoms with Gasteiger partial charge in [0.2, 0.25) is 0 Å². The summed E-state index contributed by atoms with van der Waals surface area (Å²) in [5, 5.41) is 0. The third kappa shape index (κ3) is 2.18. The zero-order valence-electron chi connectivity index (χ0n) is 9.52. The summed E-state index contributed by atoms with van der Waals surface area (Å²) >= 11 is 0. The fraction of sp³-hybridized carbons (Fsp3) is 0.143. The summed E-state index contributed by atoms with van der Waals surface area (Å²) in [6.45, 7) is 3.20. The second-order valence-corrected chi connectivity index (χ2v) is 4.07. The summed E-state index contributed by atoms with van der Waals surface area (Å²) < 4.78 is 40.7. The van der Waals surface area contributed by atoms with Gasteiger partial charge in [-0.25, -0.2) is 13.2 Å². The van der Waals surface area contributed by atoms with Gasteiger partial charge in [0, 0.05) is 0 Å². The van der Waals surface area contributed by atoms with Gasteiger partial charge in [0.25, 0.3) is 0 Å². The molecule has 2 aromatic carbocycles. The molecule has 0 unspecified atom stereocenters. The van der Waals surface area contributed by atoms with Gasteiger partial charge < -0.3 is 0 Å². The lowest BCUT2D eigenvalue weighted by Gasteiger charge is -2.07. The summed E-state index contributed by atoms with van der Waals surface area (Å²) in [5.41, 5.74) is 0.968. The van der Waals surface area contributed by atoms with Crippen molar-refractivity contribution < 1.29 is 13.2 Å². The number of benzene rings is 2. The van der Waals surface area contributed by atoms with E-state index in [0.29, 0.717) is 11.1 Å². The topological polar surface area (TPSA) is 0 Å². The Hall–Kier alpha value is -1.77. The smallest absolute Gasteiger partial charge is 0.134 e. The fourth-order valence-corrected chi connectivity index (χ4v) is 1.72. The first-order valence-corrected chi connectivity index (χ1v) is 5.21. The first kappa shape index (κ1) is 11.7. The van der Waals surface area contributed by atoms with Crippen LogP contribution in [0.4, 0.5) is 13.2 Å². The van der Waals surface area contributed by atoms with Crippen molar-refractivity contribution >= 4 is 0 Å². The van der Waals surface area contributed by atoms with Crippen LogP contribution in [0.5, 0.6) is 0 Å². The molecule has 0 N–H and O–H groups in total. The lowest BCUT2D eigenvalue weighted by atomic mass is 10.0. The summed E-state index contributed by atoms with van der Waals surface area (Å²) in [6, 6.07) is 6.62. The number of hydrogen-bond donors (Lipinski definition) is 0. The molecule has 0 aromatic heterocycles. The monoisotopic (exact) mass is 236 g/mol. The molecule has 2 rings (SSSR count). The molecule has 0 saturated carbocycles. The fourth-order valence-electron chi connectivity index (χ4n) is 1.72. The third-order valence-electron chi connectivity index (χ3n) is 2.65. The normalized spacial score (nSPS) is 10.6. The van der Waals surface area contributed by atoms with Crippen molar-refractivity contribution in [2.45, 2.75) is 13.8 Å². The van der Waals surface area contributed by atoms with Gasteiger partial charge in [0.1, 0.15) is 17.5 Å². The average Bonchev–Trinajstić information content (AvgIpc) is 2.21. The maximum Gasteiger partial charge on any atom is 0.134 e. The van der Waals surface area contributed by atoms with E-state index in [-0.39, 0.29) is 11.1 Å². The van der Waals surface area contributed by atoms with Crippen LogP contribution in [0.3, 0.4) is 0 Å². The van der Waals surface area contributed by atoms with Crippen molar-refractivity contribution in [3.63, 3.8) is 0 Å². The Labute approximate surface area is 97.7 Å². The Morgan fingerprint density at radius 3 is 1.88 bits per heavy atom. The van der Waals surface area contributed by atoms with Crippen LogP contribution < -0.4 is 0 Å². The highest BCUT2D eigenvalue weighted by Gasteiger charge is 2.13. The molecule has 0 fully saturated rings. The van der Waals surface area contributed by atoms with Crippen molar-refractivity contribution in [2.75, 3.05) is 0 Å². The molecule has 0 bridgehead atoms. The zero-order valence-corrected chi connectivity index (χ0v) is 9.52. The van der Waals surface area contributed by atoms with E-state index in [4.69, 9.17) is 0 Å². The van der Waals surface area contributed by atoms with E-state index in [1.807, 2.05) is 0 Å². The van der Waals surface area contributed by atoms with Crippen LogP contribution >= 0.6 is 0 Å². The summed E-state index contributed by atoms with van der Waals surface area (Å²) in [6.07, 6.45) is 0. The van der Waals surface area contributed by atoms with Crippen LogP contribution in [0.15, 0.2) is 30.3 Å². The van der Waals surface area contributed by atoms with Gasteiger partial charge in [-0.05, 0) is 48.7 Å². The third-order valence-corrected chi connectivity index (χ3v) is 2.65. The molecular weight excluding hydrogens is 225 g/mol. The zero-order chi connectivity index (χ0) is 12.6. The molecule has 3 heteroatoms. The Morgan fingerprint density at radius 1 is 0.765 bits per heavy atom. The van der Waals surface area contributed by atoms with Gasteiger partial charge in [-0.3, -0.25) is 0 Å². The van der Waals surface area contributed by atoms with Crippen LogP contribution in [0.25, 0.3) is 11.1 Å². The number of halogens is 3. The van der Waals surface area contributed by atoms with Crippen LogP contribution in [0.2, 0.25) is 0 Å². The summed E-state index contributed by atoms with van der Waals surface area (Å²) in [7, 11) is 0. The molecule has 0 aliphatic rings. The number of rotatable bonds is 1. The van der Waals surface area contributed by atoms with Gasteiger partial charge in [-0.2, -0.15) is 0 Å². The molecule has 0 heterocycles. The highest BCUT2D eigenvalue weighted by Crippen LogP contribution is 2.28. The van der Waals surface area contributed by atoms with Gasteiger partial charge >= 0.3 is 0 Å². The second-order valence-electron chi connectivity index (χ2n) is 4.07. The Balaban J connectivity index is 2.64. The Kier molecular flexibility index (Phi) is 2.92. The Morgan fingerprint density at radius 2 is 1.35 bits per heavy atom. The van der Waals surface area contributed by atoms with E-state index in [0.717, 1.165) is 6.07 Å². The number of aryl methyl sites for hydroxylation is 2. The molecule has 0 saturated heterocycles. The minimum Gasteiger partial charge on any atom is -0.207 e. The van der Waals surface area contributed by atoms with E-state index in [9.17, 15) is 13.2 Å². The molecule has 0 atom stereocenters. The highest BCUT2D eigenvalue weighted by atomic mass is 19.1. The number of hydrogen-bond acceptors (Lipinski definition) is 0. The van der Waals surface area contributed by atoms with E-state index < -0.39 is 17.5 Å². The van der Waals surface area contributed by atoms with Crippen molar-refractivity contribution in [2.24, 2.45) is 0 Å². The molecule has 0 amide bonds. The van der Waals surface area contributed by atoms with E-state index in [1.165, 1.54) is 24.3 Å². The van der Waals surface area contributed by atoms with E-state index >= 15 is 0 Å². The molecule has 0 aliphatic heterocycles. The first-order valence-electron chi connectivity index (χ1n) is 5.21. The lowest BCUT2D eigenvalue weighted by Crippen LogP contribution is -1.93. The molecule has 0 aliphatic carbocycles. The average molecular weight is 236 g/mol. The second kappa shape index (κ2) is 4.24. The maximum absolute atomic E-state index is 13.7. The first-order chi connectivity index (χ1) is 7.99. The van der Waals surface area contributed by atoms with Crippen molar-refractivity contribution in [3.8, 4) is 11.1 Å². The van der Waals surface area contributed by atoms with Gasteiger partial charge in [-0.1, -0.05) is 12.1 Å². The summed E-state index contributed by atoms with van der Waals surface area (Å²) in [4.78, 5) is 0. The van der Waals surface area contributed by atoms with Crippen LogP contribution in [0.1, 0.15) is 11.1 Å². The van der Waals surface area contributed by atoms with Crippen molar-refractivity contribution in [1.29, 1.82) is 0 Å². The standard InChI is InChI=1S/C14H11F3/c1-8-5-12(16)14(13(17)6-8)10-4-3-9(2)11(15)7-10/h3-7H,1-2H3. The predicted octanol–water partition coefficient (Wildman–Crippen LogP) is 4.39. The highest BCUT2D eigenvalue weighted by molar-refractivity contribution is 5.65. The molecule has 2 aromatic rings. The minimum absolute atomic E-state index is 0.186. The van der Waals surface area contributed by atoms with Gasteiger partial charge in [0.15, 0.2) is 0 Å². The van der Waals surface area contributed by atoms with Crippen LogP contribution in [-0.4, -0.2) is 0 Å². The van der Waals surface area contributed by atoms with Crippen molar-refractivity contribution in [1.82, 2.24) is 0 Å². The largest absolute Gasteiger partial charge is 0.207 e. The Bertz CT molecular complexity index is 551. The van der Waals surface area contributed by atoms with Crippen LogP contribution in [0, 0.1) is 31.3 Å². The molecule has 0 nitrogen and oxygen atoms in total. The minimum atomic E-state index is -0.675. The molecular formula is C14H11F3. The molecule has 0 radical (unpaired) electrons. The maximum atomic E-state index is 13.7. The predicted molar refractivity (Wildman–Crippen MR) is 61.2 cm³/mol.